The van der Waals surface area contributed by atoms with Gasteiger partial charge in [-0.25, -0.2) is 0 Å². The molecule has 0 aromatic heterocycles. The summed E-state index contributed by atoms with van der Waals surface area (Å²) >= 11 is 0. The zero-order valence-corrected chi connectivity index (χ0v) is 43.0. The van der Waals surface area contributed by atoms with E-state index in [9.17, 15) is 14.4 Å². The molecule has 0 unspecified atom stereocenters. The number of hydrogen-bond donors (Lipinski definition) is 0. The van der Waals surface area contributed by atoms with Crippen molar-refractivity contribution in [1.82, 2.24) is 0 Å². The molecular formula is C57H110O6. The first kappa shape index (κ1) is 61.4. The van der Waals surface area contributed by atoms with Crippen LogP contribution in [0.25, 0.3) is 0 Å². The molecule has 63 heavy (non-hydrogen) atoms. The summed E-state index contributed by atoms with van der Waals surface area (Å²) < 4.78 is 16.9. The Bertz CT molecular complexity index is 949. The minimum absolute atomic E-state index is 0.0619. The summed E-state index contributed by atoms with van der Waals surface area (Å²) in [5.41, 5.74) is 0. The Hall–Kier alpha value is -1.59. The van der Waals surface area contributed by atoms with E-state index in [1.54, 1.807) is 0 Å². The Morgan fingerprint density at radius 2 is 0.524 bits per heavy atom. The summed E-state index contributed by atoms with van der Waals surface area (Å²) in [6, 6.07) is 0. The fourth-order valence-corrected chi connectivity index (χ4v) is 8.75. The van der Waals surface area contributed by atoms with Crippen LogP contribution in [0.4, 0.5) is 0 Å². The minimum Gasteiger partial charge on any atom is -0.462 e. The molecule has 6 heteroatoms. The number of carbonyl (C=O) groups is 3. The van der Waals surface area contributed by atoms with Gasteiger partial charge in [-0.2, -0.15) is 0 Å². The summed E-state index contributed by atoms with van der Waals surface area (Å²) in [5, 5.41) is 0. The summed E-state index contributed by atoms with van der Waals surface area (Å²) in [4.78, 5) is 38.1. The highest BCUT2D eigenvalue weighted by Crippen LogP contribution is 2.18. The zero-order valence-electron chi connectivity index (χ0n) is 43.0. The first-order valence-corrected chi connectivity index (χ1v) is 28.4. The van der Waals surface area contributed by atoms with Crippen LogP contribution < -0.4 is 0 Å². The molecule has 0 rings (SSSR count). The van der Waals surface area contributed by atoms with Crippen molar-refractivity contribution in [2.24, 2.45) is 5.92 Å². The van der Waals surface area contributed by atoms with Gasteiger partial charge >= 0.3 is 17.9 Å². The molecule has 0 fully saturated rings. The number of unbranched alkanes of at least 4 members (excludes halogenated alkanes) is 39. The molecule has 0 aliphatic heterocycles. The van der Waals surface area contributed by atoms with Crippen molar-refractivity contribution in [3.8, 4) is 0 Å². The van der Waals surface area contributed by atoms with Crippen molar-refractivity contribution >= 4 is 17.9 Å². The van der Waals surface area contributed by atoms with E-state index in [2.05, 4.69) is 27.7 Å². The number of rotatable bonds is 52. The maximum absolute atomic E-state index is 12.8. The predicted molar refractivity (Wildman–Crippen MR) is 270 cm³/mol. The molecule has 0 saturated carbocycles. The normalized spacial score (nSPS) is 12.0. The van der Waals surface area contributed by atoms with Gasteiger partial charge in [0.15, 0.2) is 6.10 Å². The molecule has 0 aliphatic carbocycles. The molecule has 0 N–H and O–H groups in total. The summed E-state index contributed by atoms with van der Waals surface area (Å²) in [5.74, 6) is 0.00863. The molecule has 0 aromatic carbocycles. The van der Waals surface area contributed by atoms with Crippen LogP contribution in [-0.2, 0) is 28.6 Å². The smallest absolute Gasteiger partial charge is 0.306 e. The topological polar surface area (TPSA) is 78.9 Å². The van der Waals surface area contributed by atoms with Gasteiger partial charge in [0.05, 0.1) is 0 Å². The Kier molecular flexibility index (Phi) is 50.1. The standard InChI is InChI=1S/C57H110O6/c1-5-7-9-11-13-15-17-19-20-25-28-32-36-40-44-48-55(58)61-51-54(63-57(60)50-46-42-38-34-30-23-18-16-14-12-10-8-6-2)52-62-56(59)49-45-41-37-33-29-26-22-21-24-27-31-35-39-43-47-53(3)4/h53-54H,5-52H2,1-4H3/t54-/m1/s1. The highest BCUT2D eigenvalue weighted by Gasteiger charge is 2.19. The summed E-state index contributed by atoms with van der Waals surface area (Å²) in [6.07, 6.45) is 55.1. The average Bonchev–Trinajstić information content (AvgIpc) is 3.27. The van der Waals surface area contributed by atoms with Crippen molar-refractivity contribution < 1.29 is 28.6 Å². The van der Waals surface area contributed by atoms with Crippen LogP contribution in [0.3, 0.4) is 0 Å². The van der Waals surface area contributed by atoms with Gasteiger partial charge in [0, 0.05) is 19.3 Å². The maximum atomic E-state index is 12.8. The molecule has 0 heterocycles. The Balaban J connectivity index is 4.28. The lowest BCUT2D eigenvalue weighted by atomic mass is 10.0. The monoisotopic (exact) mass is 891 g/mol. The van der Waals surface area contributed by atoms with E-state index in [0.29, 0.717) is 19.3 Å². The molecule has 0 saturated heterocycles. The van der Waals surface area contributed by atoms with Crippen LogP contribution in [0.1, 0.15) is 323 Å². The summed E-state index contributed by atoms with van der Waals surface area (Å²) in [6.45, 7) is 9.06. The molecule has 6 nitrogen and oxygen atoms in total. The van der Waals surface area contributed by atoms with Crippen molar-refractivity contribution in [3.05, 3.63) is 0 Å². The summed E-state index contributed by atoms with van der Waals surface area (Å²) in [7, 11) is 0. The molecule has 0 bridgehead atoms. The van der Waals surface area contributed by atoms with Gasteiger partial charge in [-0.15, -0.1) is 0 Å². The molecule has 1 atom stereocenters. The quantitative estimate of drug-likeness (QED) is 0.0344. The fourth-order valence-electron chi connectivity index (χ4n) is 8.75. The maximum Gasteiger partial charge on any atom is 0.306 e. The second-order valence-corrected chi connectivity index (χ2v) is 20.1. The van der Waals surface area contributed by atoms with Gasteiger partial charge in [0.1, 0.15) is 13.2 Å². The van der Waals surface area contributed by atoms with Crippen molar-refractivity contribution in [2.45, 2.75) is 329 Å². The van der Waals surface area contributed by atoms with Gasteiger partial charge in [-0.05, 0) is 25.2 Å². The van der Waals surface area contributed by atoms with Crippen LogP contribution >= 0.6 is 0 Å². The van der Waals surface area contributed by atoms with Gasteiger partial charge in [-0.3, -0.25) is 14.4 Å². The SMILES string of the molecule is CCCCCCCCCCCCCCCCCC(=O)OC[C@H](COC(=O)CCCCCCCCCCCCCCCCC(C)C)OC(=O)CCCCCCCCCCCCCCC. The van der Waals surface area contributed by atoms with Crippen LogP contribution in [0, 0.1) is 5.92 Å². The predicted octanol–water partition coefficient (Wildman–Crippen LogP) is 18.6. The molecule has 0 aromatic rings. The molecule has 0 amide bonds. The third-order valence-corrected chi connectivity index (χ3v) is 13.0. The van der Waals surface area contributed by atoms with Gasteiger partial charge in [0.2, 0.25) is 0 Å². The van der Waals surface area contributed by atoms with E-state index >= 15 is 0 Å². The zero-order chi connectivity index (χ0) is 45.9. The Morgan fingerprint density at radius 3 is 0.778 bits per heavy atom. The number of esters is 3. The van der Waals surface area contributed by atoms with Crippen molar-refractivity contribution in [3.63, 3.8) is 0 Å². The lowest BCUT2D eigenvalue weighted by Crippen LogP contribution is -2.30. The highest BCUT2D eigenvalue weighted by atomic mass is 16.6. The number of ether oxygens (including phenoxy) is 3. The van der Waals surface area contributed by atoms with E-state index in [-0.39, 0.29) is 31.1 Å². The van der Waals surface area contributed by atoms with E-state index in [4.69, 9.17) is 14.2 Å². The number of hydrogen-bond acceptors (Lipinski definition) is 6. The third kappa shape index (κ3) is 51.3. The van der Waals surface area contributed by atoms with E-state index in [1.807, 2.05) is 0 Å². The molecule has 0 radical (unpaired) electrons. The first-order chi connectivity index (χ1) is 30.9. The fraction of sp³-hybridized carbons (Fsp3) is 0.947. The second-order valence-electron chi connectivity index (χ2n) is 20.1. The second kappa shape index (κ2) is 51.4. The van der Waals surface area contributed by atoms with Crippen LogP contribution in [0.2, 0.25) is 0 Å². The molecule has 0 spiro atoms. The lowest BCUT2D eigenvalue weighted by molar-refractivity contribution is -0.167. The van der Waals surface area contributed by atoms with Gasteiger partial charge in [0.25, 0.3) is 0 Å². The van der Waals surface area contributed by atoms with Crippen molar-refractivity contribution in [2.75, 3.05) is 13.2 Å². The average molecular weight is 892 g/mol. The third-order valence-electron chi connectivity index (χ3n) is 13.0. The van der Waals surface area contributed by atoms with E-state index < -0.39 is 6.10 Å². The molecule has 0 aliphatic rings. The molecular weight excluding hydrogens is 781 g/mol. The molecule has 374 valence electrons. The lowest BCUT2D eigenvalue weighted by Gasteiger charge is -2.18. The van der Waals surface area contributed by atoms with Crippen molar-refractivity contribution in [1.29, 1.82) is 0 Å². The Morgan fingerprint density at radius 1 is 0.302 bits per heavy atom. The van der Waals surface area contributed by atoms with E-state index in [0.717, 1.165) is 63.7 Å². The van der Waals surface area contributed by atoms with Crippen LogP contribution in [0.15, 0.2) is 0 Å². The first-order valence-electron chi connectivity index (χ1n) is 28.4. The van der Waals surface area contributed by atoms with Crippen LogP contribution in [-0.4, -0.2) is 37.2 Å². The van der Waals surface area contributed by atoms with Gasteiger partial charge < -0.3 is 14.2 Å². The highest BCUT2D eigenvalue weighted by molar-refractivity contribution is 5.71. The van der Waals surface area contributed by atoms with Gasteiger partial charge in [-0.1, -0.05) is 285 Å². The number of carbonyl (C=O) groups excluding carboxylic acids is 3. The minimum atomic E-state index is -0.761. The Labute approximate surface area is 393 Å². The largest absolute Gasteiger partial charge is 0.462 e. The van der Waals surface area contributed by atoms with Crippen LogP contribution in [0.5, 0.6) is 0 Å². The van der Waals surface area contributed by atoms with E-state index in [1.165, 1.54) is 218 Å².